The molecule has 2 atom stereocenters. The predicted octanol–water partition coefficient (Wildman–Crippen LogP) is 3.66. The molecule has 0 bridgehead atoms. The molecule has 8 nitrogen and oxygen atoms in total. The zero-order chi connectivity index (χ0) is 22.3. The molecule has 1 heterocycles. The summed E-state index contributed by atoms with van der Waals surface area (Å²) in [7, 11) is -4.93. The Kier molecular flexibility index (Phi) is 6.09. The average Bonchev–Trinajstić information content (AvgIpc) is 2.63. The minimum absolute atomic E-state index is 0.210. The number of hydrogen-bond acceptors (Lipinski definition) is 5. The van der Waals surface area contributed by atoms with Crippen molar-refractivity contribution in [1.29, 1.82) is 0 Å². The zero-order valence-electron chi connectivity index (χ0n) is 16.5. The Hall–Kier alpha value is -2.22. The molecule has 10 heteroatoms. The summed E-state index contributed by atoms with van der Waals surface area (Å²) in [5, 5.41) is 3.22. The van der Waals surface area contributed by atoms with Gasteiger partial charge in [-0.25, -0.2) is 4.57 Å². The van der Waals surface area contributed by atoms with E-state index in [1.165, 1.54) is 25.1 Å². The minimum Gasteiger partial charge on any atom is -0.485 e. The van der Waals surface area contributed by atoms with Crippen LogP contribution in [-0.2, 0) is 9.09 Å². The standard InChI is InChI=1S/C20H21ClNO7P/c1-11(23)13-6-9-16-15(10-13)17(18(20(2,3)28-16)29-30(25,26)27)22-19(24)12-4-7-14(21)8-5-12/h4-10,17-18H,1-3H3,(H,22,24)(H2,25,26,27)/t17-,18-/m1/s1. The number of ketones is 1. The highest BCUT2D eigenvalue weighted by Crippen LogP contribution is 2.48. The van der Waals surface area contributed by atoms with Crippen LogP contribution in [0.5, 0.6) is 5.75 Å². The number of ether oxygens (including phenoxy) is 1. The van der Waals surface area contributed by atoms with E-state index >= 15 is 0 Å². The van der Waals surface area contributed by atoms with Crippen molar-refractivity contribution in [3.63, 3.8) is 0 Å². The van der Waals surface area contributed by atoms with Gasteiger partial charge in [-0.2, -0.15) is 0 Å². The maximum Gasteiger partial charge on any atom is 0.470 e. The zero-order valence-corrected chi connectivity index (χ0v) is 18.1. The van der Waals surface area contributed by atoms with E-state index in [0.717, 1.165) is 0 Å². The van der Waals surface area contributed by atoms with Gasteiger partial charge in [-0.1, -0.05) is 11.6 Å². The number of rotatable bonds is 5. The molecule has 2 aromatic carbocycles. The highest BCUT2D eigenvalue weighted by atomic mass is 35.5. The number of amides is 1. The smallest absolute Gasteiger partial charge is 0.470 e. The number of fused-ring (bicyclic) bond motifs is 1. The first kappa shape index (κ1) is 22.5. The monoisotopic (exact) mass is 453 g/mol. The number of carbonyl (C=O) groups is 2. The Morgan fingerprint density at radius 2 is 1.73 bits per heavy atom. The van der Waals surface area contributed by atoms with Crippen LogP contribution in [0.2, 0.25) is 5.02 Å². The van der Waals surface area contributed by atoms with Crippen LogP contribution in [0.3, 0.4) is 0 Å². The number of phosphoric ester groups is 1. The van der Waals surface area contributed by atoms with Crippen LogP contribution < -0.4 is 10.1 Å². The minimum atomic E-state index is -4.93. The molecule has 1 aliphatic heterocycles. The molecule has 3 rings (SSSR count). The summed E-state index contributed by atoms with van der Waals surface area (Å²) in [4.78, 5) is 43.6. The molecule has 1 aliphatic rings. The summed E-state index contributed by atoms with van der Waals surface area (Å²) >= 11 is 5.87. The summed E-state index contributed by atoms with van der Waals surface area (Å²) in [5.41, 5.74) is -0.174. The van der Waals surface area contributed by atoms with Gasteiger partial charge in [-0.3, -0.25) is 14.1 Å². The number of benzene rings is 2. The highest BCUT2D eigenvalue weighted by molar-refractivity contribution is 7.46. The van der Waals surface area contributed by atoms with Crippen LogP contribution in [-0.4, -0.2) is 33.2 Å². The summed E-state index contributed by atoms with van der Waals surface area (Å²) in [6.45, 7) is 4.58. The lowest BCUT2D eigenvalue weighted by molar-refractivity contribution is -0.0597. The van der Waals surface area contributed by atoms with Crippen molar-refractivity contribution in [1.82, 2.24) is 5.32 Å². The fraction of sp³-hybridized carbons (Fsp3) is 0.300. The van der Waals surface area contributed by atoms with Crippen LogP contribution in [0.25, 0.3) is 0 Å². The summed E-state index contributed by atoms with van der Waals surface area (Å²) < 4.78 is 22.6. The van der Waals surface area contributed by atoms with E-state index in [4.69, 9.17) is 20.9 Å². The fourth-order valence-corrected chi connectivity index (χ4v) is 4.12. The molecule has 1 amide bonds. The second-order valence-electron chi connectivity index (χ2n) is 7.49. The lowest BCUT2D eigenvalue weighted by atomic mass is 9.85. The van der Waals surface area contributed by atoms with Crippen molar-refractivity contribution < 1.29 is 33.2 Å². The molecule has 0 unspecified atom stereocenters. The molecule has 0 aliphatic carbocycles. The molecule has 160 valence electrons. The van der Waals surface area contributed by atoms with E-state index < -0.39 is 31.5 Å². The number of hydrogen-bond donors (Lipinski definition) is 3. The summed E-state index contributed by atoms with van der Waals surface area (Å²) in [6, 6.07) is 9.84. The topological polar surface area (TPSA) is 122 Å². The van der Waals surface area contributed by atoms with Crippen LogP contribution in [0, 0.1) is 0 Å². The van der Waals surface area contributed by atoms with Crippen LogP contribution in [0.1, 0.15) is 53.1 Å². The van der Waals surface area contributed by atoms with Crippen LogP contribution in [0.15, 0.2) is 42.5 Å². The molecular weight excluding hydrogens is 433 g/mol. The second-order valence-corrected chi connectivity index (χ2v) is 9.12. The number of halogens is 1. The maximum absolute atomic E-state index is 12.9. The van der Waals surface area contributed by atoms with Gasteiger partial charge in [0.1, 0.15) is 17.5 Å². The van der Waals surface area contributed by atoms with E-state index in [9.17, 15) is 23.9 Å². The summed E-state index contributed by atoms with van der Waals surface area (Å²) in [6.07, 6.45) is -1.25. The number of phosphoric acid groups is 1. The van der Waals surface area contributed by atoms with Crippen molar-refractivity contribution in [2.45, 2.75) is 38.5 Å². The molecule has 0 saturated heterocycles. The molecule has 0 spiro atoms. The van der Waals surface area contributed by atoms with E-state index in [0.29, 0.717) is 27.5 Å². The third-order valence-corrected chi connectivity index (χ3v) is 5.51. The van der Waals surface area contributed by atoms with E-state index in [2.05, 4.69) is 5.32 Å². The lowest BCUT2D eigenvalue weighted by Crippen LogP contribution is -2.54. The maximum atomic E-state index is 12.9. The molecule has 0 radical (unpaired) electrons. The SMILES string of the molecule is CC(=O)c1ccc2c(c1)[C@@H](NC(=O)c1ccc(Cl)cc1)[C@@H](OP(=O)(O)O)C(C)(C)O2. The Balaban J connectivity index is 2.08. The van der Waals surface area contributed by atoms with Crippen molar-refractivity contribution >= 4 is 31.1 Å². The molecule has 0 saturated carbocycles. The Morgan fingerprint density at radius 1 is 1.13 bits per heavy atom. The van der Waals surface area contributed by atoms with Crippen molar-refractivity contribution in [2.24, 2.45) is 0 Å². The predicted molar refractivity (Wildman–Crippen MR) is 110 cm³/mol. The molecule has 3 N–H and O–H groups in total. The normalized spacial score (nSPS) is 20.1. The van der Waals surface area contributed by atoms with Gasteiger partial charge in [-0.05, 0) is 63.2 Å². The molecule has 30 heavy (non-hydrogen) atoms. The largest absolute Gasteiger partial charge is 0.485 e. The number of nitrogens with one attached hydrogen (secondary N) is 1. The van der Waals surface area contributed by atoms with Gasteiger partial charge in [0.15, 0.2) is 5.78 Å². The van der Waals surface area contributed by atoms with E-state index in [1.807, 2.05) is 0 Å². The molecular formula is C20H21ClNO7P. The van der Waals surface area contributed by atoms with Gasteiger partial charge in [0.25, 0.3) is 5.91 Å². The highest BCUT2D eigenvalue weighted by Gasteiger charge is 2.48. The second kappa shape index (κ2) is 8.13. The van der Waals surface area contributed by atoms with E-state index in [-0.39, 0.29) is 5.78 Å². The molecule has 0 aromatic heterocycles. The Bertz CT molecular complexity index is 1030. The number of Topliss-reactive ketones (excluding diaryl/α,β-unsaturated/α-hetero) is 1. The van der Waals surface area contributed by atoms with Crippen molar-refractivity contribution in [3.05, 3.63) is 64.2 Å². The van der Waals surface area contributed by atoms with Gasteiger partial charge in [0.05, 0.1) is 6.04 Å². The van der Waals surface area contributed by atoms with Crippen molar-refractivity contribution in [2.75, 3.05) is 0 Å². The third-order valence-electron chi connectivity index (χ3n) is 4.76. The van der Waals surface area contributed by atoms with Crippen molar-refractivity contribution in [3.8, 4) is 5.75 Å². The van der Waals surface area contributed by atoms with Crippen LogP contribution >= 0.6 is 19.4 Å². The number of carbonyl (C=O) groups excluding carboxylic acids is 2. The van der Waals surface area contributed by atoms with Gasteiger partial charge >= 0.3 is 7.82 Å². The summed E-state index contributed by atoms with van der Waals surface area (Å²) in [5.74, 6) is -0.345. The molecule has 2 aromatic rings. The van der Waals surface area contributed by atoms with Gasteiger partial charge < -0.3 is 19.8 Å². The average molecular weight is 454 g/mol. The first-order chi connectivity index (χ1) is 13.9. The fourth-order valence-electron chi connectivity index (χ4n) is 3.32. The van der Waals surface area contributed by atoms with E-state index in [1.54, 1.807) is 38.1 Å². The van der Waals surface area contributed by atoms with Crippen LogP contribution in [0.4, 0.5) is 0 Å². The Morgan fingerprint density at radius 3 is 2.30 bits per heavy atom. The van der Waals surface area contributed by atoms with Gasteiger partial charge in [0, 0.05) is 21.7 Å². The third kappa shape index (κ3) is 4.91. The quantitative estimate of drug-likeness (QED) is 0.466. The van der Waals surface area contributed by atoms with Gasteiger partial charge in [-0.15, -0.1) is 0 Å². The lowest BCUT2D eigenvalue weighted by Gasteiger charge is -2.44. The molecule has 0 fully saturated rings. The van der Waals surface area contributed by atoms with Gasteiger partial charge in [0.2, 0.25) is 0 Å². The first-order valence-corrected chi connectivity index (χ1v) is 10.9. The first-order valence-electron chi connectivity index (χ1n) is 9.02. The Labute approximate surface area is 178 Å².